The first-order valence-corrected chi connectivity index (χ1v) is 3.96. The highest BCUT2D eigenvalue weighted by Crippen LogP contribution is 2.44. The predicted molar refractivity (Wildman–Crippen MR) is 49.2 cm³/mol. The zero-order valence-corrected chi connectivity index (χ0v) is 8.32. The molecular formula is C8H16ClNO2. The number of rotatable bonds is 3. The Labute approximate surface area is 79.1 Å². The SMILES string of the molecule is C[C@H](N)C(=O)OCC1(C)CC1.Cl. The summed E-state index contributed by atoms with van der Waals surface area (Å²) in [6, 6.07) is -0.489. The van der Waals surface area contributed by atoms with Crippen molar-refractivity contribution in [1.29, 1.82) is 0 Å². The molecule has 0 spiro atoms. The molecule has 1 rings (SSSR count). The molecule has 0 heterocycles. The minimum Gasteiger partial charge on any atom is -0.464 e. The predicted octanol–water partition coefficient (Wildman–Crippen LogP) is 1.10. The molecule has 1 atom stereocenters. The van der Waals surface area contributed by atoms with E-state index in [0.717, 1.165) is 0 Å². The maximum Gasteiger partial charge on any atom is 0.322 e. The van der Waals surface area contributed by atoms with E-state index in [1.54, 1.807) is 6.92 Å². The van der Waals surface area contributed by atoms with Crippen LogP contribution in [-0.4, -0.2) is 18.6 Å². The molecule has 0 aromatic heterocycles. The summed E-state index contributed by atoms with van der Waals surface area (Å²) in [5, 5.41) is 0. The summed E-state index contributed by atoms with van der Waals surface area (Å²) in [6.45, 7) is 4.28. The van der Waals surface area contributed by atoms with Gasteiger partial charge in [-0.05, 0) is 19.8 Å². The summed E-state index contributed by atoms with van der Waals surface area (Å²) in [5.41, 5.74) is 5.58. The monoisotopic (exact) mass is 193 g/mol. The summed E-state index contributed by atoms with van der Waals surface area (Å²) in [6.07, 6.45) is 2.33. The molecule has 0 bridgehead atoms. The standard InChI is InChI=1S/C8H15NO2.ClH/c1-6(9)7(10)11-5-8(2)3-4-8;/h6H,3-5,9H2,1-2H3;1H/t6-;/m0./s1. The molecule has 1 aliphatic rings. The molecule has 72 valence electrons. The zero-order valence-electron chi connectivity index (χ0n) is 7.50. The molecule has 1 fully saturated rings. The van der Waals surface area contributed by atoms with Crippen LogP contribution in [0.3, 0.4) is 0 Å². The van der Waals surface area contributed by atoms with Crippen molar-refractivity contribution >= 4 is 18.4 Å². The molecule has 0 saturated heterocycles. The summed E-state index contributed by atoms with van der Waals surface area (Å²) in [7, 11) is 0. The third kappa shape index (κ3) is 3.41. The van der Waals surface area contributed by atoms with Gasteiger partial charge < -0.3 is 10.5 Å². The van der Waals surface area contributed by atoms with Gasteiger partial charge in [0.25, 0.3) is 0 Å². The number of ether oxygens (including phenoxy) is 1. The highest BCUT2D eigenvalue weighted by Gasteiger charge is 2.38. The van der Waals surface area contributed by atoms with Crippen molar-refractivity contribution in [2.24, 2.45) is 11.1 Å². The van der Waals surface area contributed by atoms with Crippen molar-refractivity contribution in [2.45, 2.75) is 32.7 Å². The van der Waals surface area contributed by atoms with Crippen LogP contribution in [0.2, 0.25) is 0 Å². The van der Waals surface area contributed by atoms with Crippen LogP contribution in [0.25, 0.3) is 0 Å². The smallest absolute Gasteiger partial charge is 0.322 e. The number of hydrogen-bond donors (Lipinski definition) is 1. The molecule has 0 unspecified atom stereocenters. The largest absolute Gasteiger partial charge is 0.464 e. The second kappa shape index (κ2) is 4.10. The van der Waals surface area contributed by atoms with E-state index >= 15 is 0 Å². The molecule has 0 aromatic rings. The van der Waals surface area contributed by atoms with Crippen molar-refractivity contribution in [1.82, 2.24) is 0 Å². The highest BCUT2D eigenvalue weighted by atomic mass is 35.5. The average Bonchev–Trinajstić information content (AvgIpc) is 2.64. The van der Waals surface area contributed by atoms with Crippen LogP contribution in [0.15, 0.2) is 0 Å². The summed E-state index contributed by atoms with van der Waals surface area (Å²) < 4.78 is 4.97. The van der Waals surface area contributed by atoms with Gasteiger partial charge in [0.15, 0.2) is 0 Å². The van der Waals surface area contributed by atoms with E-state index in [0.29, 0.717) is 6.61 Å². The van der Waals surface area contributed by atoms with Gasteiger partial charge in [0.2, 0.25) is 0 Å². The molecule has 1 aliphatic carbocycles. The third-order valence-electron chi connectivity index (χ3n) is 2.04. The van der Waals surface area contributed by atoms with Crippen molar-refractivity contribution < 1.29 is 9.53 Å². The van der Waals surface area contributed by atoms with Gasteiger partial charge in [0.05, 0.1) is 6.61 Å². The van der Waals surface area contributed by atoms with Crippen molar-refractivity contribution in [3.63, 3.8) is 0 Å². The fourth-order valence-corrected chi connectivity index (χ4v) is 0.735. The lowest BCUT2D eigenvalue weighted by atomic mass is 10.2. The van der Waals surface area contributed by atoms with E-state index in [-0.39, 0.29) is 23.8 Å². The minimum atomic E-state index is -0.489. The Morgan fingerprint density at radius 1 is 1.67 bits per heavy atom. The Morgan fingerprint density at radius 2 is 2.17 bits per heavy atom. The van der Waals surface area contributed by atoms with E-state index in [2.05, 4.69) is 6.92 Å². The van der Waals surface area contributed by atoms with E-state index < -0.39 is 6.04 Å². The van der Waals surface area contributed by atoms with Crippen molar-refractivity contribution in [3.05, 3.63) is 0 Å². The Morgan fingerprint density at radius 3 is 2.50 bits per heavy atom. The maximum absolute atomic E-state index is 10.9. The lowest BCUT2D eigenvalue weighted by molar-refractivity contribution is -0.146. The molecule has 0 aliphatic heterocycles. The van der Waals surface area contributed by atoms with Gasteiger partial charge in [-0.1, -0.05) is 6.92 Å². The van der Waals surface area contributed by atoms with Crippen LogP contribution < -0.4 is 5.73 Å². The Hall–Kier alpha value is -0.280. The van der Waals surface area contributed by atoms with Gasteiger partial charge in [-0.2, -0.15) is 0 Å². The third-order valence-corrected chi connectivity index (χ3v) is 2.04. The van der Waals surface area contributed by atoms with Crippen LogP contribution in [0.1, 0.15) is 26.7 Å². The molecule has 3 nitrogen and oxygen atoms in total. The van der Waals surface area contributed by atoms with Crippen molar-refractivity contribution in [2.75, 3.05) is 6.61 Å². The number of carbonyl (C=O) groups excluding carboxylic acids is 1. The number of esters is 1. The molecular weight excluding hydrogens is 178 g/mol. The molecule has 0 aromatic carbocycles. The maximum atomic E-state index is 10.9. The minimum absolute atomic E-state index is 0. The van der Waals surface area contributed by atoms with E-state index in [1.807, 2.05) is 0 Å². The summed E-state index contributed by atoms with van der Waals surface area (Å²) >= 11 is 0. The summed E-state index contributed by atoms with van der Waals surface area (Å²) in [5.74, 6) is -0.293. The number of hydrogen-bond acceptors (Lipinski definition) is 3. The van der Waals surface area contributed by atoms with Gasteiger partial charge in [-0.15, -0.1) is 12.4 Å². The van der Waals surface area contributed by atoms with Crippen LogP contribution in [0.5, 0.6) is 0 Å². The van der Waals surface area contributed by atoms with E-state index in [9.17, 15) is 4.79 Å². The topological polar surface area (TPSA) is 52.3 Å². The van der Waals surface area contributed by atoms with Crippen LogP contribution in [0, 0.1) is 5.41 Å². The number of nitrogens with two attached hydrogens (primary N) is 1. The first-order valence-electron chi connectivity index (χ1n) is 3.96. The second-order valence-electron chi connectivity index (χ2n) is 3.71. The summed E-state index contributed by atoms with van der Waals surface area (Å²) in [4.78, 5) is 10.9. The number of carbonyl (C=O) groups is 1. The van der Waals surface area contributed by atoms with Crippen LogP contribution in [-0.2, 0) is 9.53 Å². The van der Waals surface area contributed by atoms with Gasteiger partial charge >= 0.3 is 5.97 Å². The second-order valence-corrected chi connectivity index (χ2v) is 3.71. The van der Waals surface area contributed by atoms with Gasteiger partial charge in [-0.3, -0.25) is 4.79 Å². The zero-order chi connectivity index (χ0) is 8.48. The molecule has 12 heavy (non-hydrogen) atoms. The first-order chi connectivity index (χ1) is 5.03. The lowest BCUT2D eigenvalue weighted by Gasteiger charge is -2.10. The molecule has 0 amide bonds. The fraction of sp³-hybridized carbons (Fsp3) is 0.875. The van der Waals surface area contributed by atoms with Gasteiger partial charge in [-0.25, -0.2) is 0 Å². The van der Waals surface area contributed by atoms with E-state index in [1.165, 1.54) is 12.8 Å². The fourth-order valence-electron chi connectivity index (χ4n) is 0.735. The Kier molecular flexibility index (Phi) is 4.00. The molecule has 0 radical (unpaired) electrons. The van der Waals surface area contributed by atoms with Crippen LogP contribution >= 0.6 is 12.4 Å². The molecule has 4 heteroatoms. The quantitative estimate of drug-likeness (QED) is 0.683. The lowest BCUT2D eigenvalue weighted by Crippen LogP contribution is -2.30. The highest BCUT2D eigenvalue weighted by molar-refractivity contribution is 5.85. The normalized spacial score (nSPS) is 20.6. The average molecular weight is 194 g/mol. The Bertz CT molecular complexity index is 166. The van der Waals surface area contributed by atoms with E-state index in [4.69, 9.17) is 10.5 Å². The molecule has 2 N–H and O–H groups in total. The van der Waals surface area contributed by atoms with Crippen LogP contribution in [0.4, 0.5) is 0 Å². The van der Waals surface area contributed by atoms with Gasteiger partial charge in [0.1, 0.15) is 6.04 Å². The Balaban J connectivity index is 0.00000121. The molecule has 1 saturated carbocycles. The van der Waals surface area contributed by atoms with Gasteiger partial charge in [0, 0.05) is 5.41 Å². The van der Waals surface area contributed by atoms with Crippen molar-refractivity contribution in [3.8, 4) is 0 Å². The first kappa shape index (κ1) is 11.7. The number of halogens is 1.